The van der Waals surface area contributed by atoms with Gasteiger partial charge in [-0.15, -0.1) is 0 Å². The Morgan fingerprint density at radius 3 is 2.15 bits per heavy atom. The Labute approximate surface area is 267 Å². The normalized spacial score (nSPS) is 19.2. The zero-order valence-electron chi connectivity index (χ0n) is 24.7. The molecule has 0 bridgehead atoms. The molecule has 0 atom stereocenters. The highest BCUT2D eigenvalue weighted by molar-refractivity contribution is 7.80. The number of nitrogens with zero attached hydrogens (tertiary/aromatic N) is 4. The minimum Gasteiger partial charge on any atom is -0.474 e. The molecule has 14 heteroatoms. The van der Waals surface area contributed by atoms with Gasteiger partial charge in [-0.1, -0.05) is 36.5 Å². The highest BCUT2D eigenvalue weighted by atomic mass is 32.1. The molecule has 5 rings (SSSR count). The van der Waals surface area contributed by atoms with E-state index in [1.807, 2.05) is 12.1 Å². The molecule has 2 heterocycles. The van der Waals surface area contributed by atoms with Crippen LogP contribution in [0.25, 0.3) is 0 Å². The standard InChI is InChI=1S/C32H32F6N4O3S/c33-31(34,35)24-9-4-22(5-10-24)20-30(46)41-16-14-40(15-17-41)28-2-1-3-29(39-28)45-25-11-6-21(7-12-25)18-23-8-13-27(42(43)44)26(19-23)32(36,37)38/h1-5,8-10,13,19,21,25H,6-7,11-12,14-18,20H2. The first-order valence-corrected chi connectivity index (χ1v) is 15.3. The molecule has 7 nitrogen and oxygen atoms in total. The fourth-order valence-electron chi connectivity index (χ4n) is 5.98. The smallest absolute Gasteiger partial charge is 0.423 e. The molecule has 2 aliphatic rings. The van der Waals surface area contributed by atoms with E-state index < -0.39 is 34.1 Å². The van der Waals surface area contributed by atoms with Crippen LogP contribution in [0, 0.1) is 16.0 Å². The number of nitro groups is 1. The number of nitro benzene ring substituents is 1. The highest BCUT2D eigenvalue weighted by Gasteiger charge is 2.38. The van der Waals surface area contributed by atoms with Crippen LogP contribution >= 0.6 is 12.2 Å². The summed E-state index contributed by atoms with van der Waals surface area (Å²) in [7, 11) is 0. The van der Waals surface area contributed by atoms with Gasteiger partial charge in [-0.05, 0) is 73.4 Å². The van der Waals surface area contributed by atoms with E-state index in [9.17, 15) is 36.5 Å². The van der Waals surface area contributed by atoms with Crippen LogP contribution in [0.2, 0.25) is 0 Å². The number of pyridine rings is 1. The summed E-state index contributed by atoms with van der Waals surface area (Å²) in [5.74, 6) is 1.40. The van der Waals surface area contributed by atoms with Crippen molar-refractivity contribution in [2.75, 3.05) is 31.1 Å². The van der Waals surface area contributed by atoms with Crippen molar-refractivity contribution in [1.82, 2.24) is 9.88 Å². The van der Waals surface area contributed by atoms with Gasteiger partial charge in [0.05, 0.1) is 15.5 Å². The first-order chi connectivity index (χ1) is 21.8. The first kappa shape index (κ1) is 33.4. The van der Waals surface area contributed by atoms with Gasteiger partial charge in [0.25, 0.3) is 5.69 Å². The van der Waals surface area contributed by atoms with Crippen molar-refractivity contribution < 1.29 is 36.0 Å². The molecule has 2 fully saturated rings. The summed E-state index contributed by atoms with van der Waals surface area (Å²) in [6, 6.07) is 13.8. The number of anilines is 1. The van der Waals surface area contributed by atoms with Crippen LogP contribution in [0.3, 0.4) is 0 Å². The van der Waals surface area contributed by atoms with Crippen molar-refractivity contribution in [1.29, 1.82) is 0 Å². The molecule has 3 aromatic rings. The third-order valence-corrected chi connectivity index (χ3v) is 8.87. The van der Waals surface area contributed by atoms with E-state index in [-0.39, 0.29) is 12.0 Å². The number of ether oxygens (including phenoxy) is 1. The third kappa shape index (κ3) is 8.45. The molecule has 246 valence electrons. The Morgan fingerprint density at radius 2 is 1.54 bits per heavy atom. The SMILES string of the molecule is O=[N+]([O-])c1ccc(CC2CCC(Oc3cccc(N4CCN(C(=S)Cc5ccc(C(F)(F)F)cc5)CC4)n3)CC2)cc1C(F)(F)F. The van der Waals surface area contributed by atoms with Crippen molar-refractivity contribution in [2.24, 2.45) is 5.92 Å². The van der Waals surface area contributed by atoms with Crippen molar-refractivity contribution in [3.63, 3.8) is 0 Å². The van der Waals surface area contributed by atoms with Crippen LogP contribution in [0.1, 0.15) is 47.9 Å². The van der Waals surface area contributed by atoms with Crippen LogP contribution in [-0.2, 0) is 25.2 Å². The van der Waals surface area contributed by atoms with Gasteiger partial charge in [0.2, 0.25) is 5.88 Å². The molecular formula is C32H32F6N4O3S. The van der Waals surface area contributed by atoms with Crippen LogP contribution in [0.4, 0.5) is 37.8 Å². The first-order valence-electron chi connectivity index (χ1n) is 14.9. The predicted octanol–water partition coefficient (Wildman–Crippen LogP) is 7.90. The van der Waals surface area contributed by atoms with Gasteiger partial charge in [0.1, 0.15) is 17.5 Å². The third-order valence-electron chi connectivity index (χ3n) is 8.47. The van der Waals surface area contributed by atoms with Crippen molar-refractivity contribution in [2.45, 2.75) is 57.0 Å². The van der Waals surface area contributed by atoms with E-state index in [4.69, 9.17) is 21.9 Å². The van der Waals surface area contributed by atoms with Crippen molar-refractivity contribution in [3.8, 4) is 5.88 Å². The van der Waals surface area contributed by atoms with E-state index in [0.29, 0.717) is 68.3 Å². The van der Waals surface area contributed by atoms with E-state index in [1.165, 1.54) is 18.2 Å². The topological polar surface area (TPSA) is 71.7 Å². The summed E-state index contributed by atoms with van der Waals surface area (Å²) in [6.45, 7) is 2.62. The molecule has 0 N–H and O–H groups in total. The maximum atomic E-state index is 13.4. The van der Waals surface area contributed by atoms with Gasteiger partial charge in [-0.2, -0.15) is 31.3 Å². The zero-order valence-corrected chi connectivity index (χ0v) is 25.5. The lowest BCUT2D eigenvalue weighted by Crippen LogP contribution is -2.49. The summed E-state index contributed by atoms with van der Waals surface area (Å²) < 4.78 is 84.8. The molecular weight excluding hydrogens is 634 g/mol. The van der Waals surface area contributed by atoms with E-state index in [0.717, 1.165) is 48.5 Å². The number of halogens is 6. The second kappa shape index (κ2) is 13.8. The Hall–Kier alpha value is -3.94. The summed E-state index contributed by atoms with van der Waals surface area (Å²) in [6.07, 6.45) is -5.55. The number of rotatable bonds is 8. The fraction of sp³-hybridized carbons (Fsp3) is 0.438. The van der Waals surface area contributed by atoms with Crippen LogP contribution < -0.4 is 9.64 Å². The quantitative estimate of drug-likeness (QED) is 0.105. The van der Waals surface area contributed by atoms with E-state index in [2.05, 4.69) is 9.80 Å². The minimum absolute atomic E-state index is 0.0824. The maximum Gasteiger partial charge on any atom is 0.423 e. The average Bonchev–Trinajstić information content (AvgIpc) is 3.01. The monoisotopic (exact) mass is 666 g/mol. The Bertz CT molecular complexity index is 1530. The Balaban J connectivity index is 1.09. The predicted molar refractivity (Wildman–Crippen MR) is 164 cm³/mol. The van der Waals surface area contributed by atoms with Gasteiger partial charge < -0.3 is 14.5 Å². The Morgan fingerprint density at radius 1 is 0.891 bits per heavy atom. The van der Waals surface area contributed by atoms with Crippen molar-refractivity contribution >= 4 is 28.7 Å². The molecule has 0 spiro atoms. The molecule has 1 saturated carbocycles. The number of piperazine rings is 1. The van der Waals surface area contributed by atoms with E-state index in [1.54, 1.807) is 6.07 Å². The second-order valence-electron chi connectivity index (χ2n) is 11.6. The number of thiocarbonyl (C=S) groups is 1. The van der Waals surface area contributed by atoms with Crippen LogP contribution in [-0.4, -0.2) is 52.1 Å². The van der Waals surface area contributed by atoms with E-state index >= 15 is 0 Å². The second-order valence-corrected chi connectivity index (χ2v) is 12.1. The van der Waals surface area contributed by atoms with Gasteiger partial charge in [0.15, 0.2) is 0 Å². The summed E-state index contributed by atoms with van der Waals surface area (Å²) in [5, 5.41) is 11.0. The van der Waals surface area contributed by atoms with Gasteiger partial charge in [-0.25, -0.2) is 0 Å². The van der Waals surface area contributed by atoms with Gasteiger partial charge in [0, 0.05) is 44.7 Å². The molecule has 46 heavy (non-hydrogen) atoms. The minimum atomic E-state index is -4.80. The zero-order chi connectivity index (χ0) is 33.1. The lowest BCUT2D eigenvalue weighted by Gasteiger charge is -2.37. The van der Waals surface area contributed by atoms with Gasteiger partial charge >= 0.3 is 12.4 Å². The number of hydrogen-bond acceptors (Lipinski definition) is 6. The fourth-order valence-corrected chi connectivity index (χ4v) is 6.33. The summed E-state index contributed by atoms with van der Waals surface area (Å²) >= 11 is 5.59. The summed E-state index contributed by atoms with van der Waals surface area (Å²) in [4.78, 5) is 19.6. The number of aromatic nitrogens is 1. The molecule has 2 aromatic carbocycles. The largest absolute Gasteiger partial charge is 0.474 e. The summed E-state index contributed by atoms with van der Waals surface area (Å²) in [5.41, 5.74) is -1.70. The van der Waals surface area contributed by atoms with Crippen LogP contribution in [0.15, 0.2) is 60.7 Å². The highest BCUT2D eigenvalue weighted by Crippen LogP contribution is 2.38. The molecule has 1 aliphatic heterocycles. The number of benzene rings is 2. The number of alkyl halides is 6. The van der Waals surface area contributed by atoms with Gasteiger partial charge in [-0.3, -0.25) is 10.1 Å². The van der Waals surface area contributed by atoms with Crippen LogP contribution in [0.5, 0.6) is 5.88 Å². The molecule has 1 aliphatic carbocycles. The molecule has 0 radical (unpaired) electrons. The maximum absolute atomic E-state index is 13.4. The molecule has 0 amide bonds. The van der Waals surface area contributed by atoms with Crippen molar-refractivity contribution in [3.05, 3.63) is 93.0 Å². The molecule has 0 unspecified atom stereocenters. The lowest BCUT2D eigenvalue weighted by atomic mass is 9.83. The Kier molecular flexibility index (Phi) is 10.0. The molecule has 1 saturated heterocycles. The number of hydrogen-bond donors (Lipinski definition) is 0. The average molecular weight is 667 g/mol. The molecule has 1 aromatic heterocycles. The lowest BCUT2D eigenvalue weighted by molar-refractivity contribution is -0.388.